The number of hydrogen-bond donors (Lipinski definition) is 2. The Hall–Kier alpha value is -1.36. The number of nitrogens with zero attached hydrogens (tertiary/aromatic N) is 1. The van der Waals surface area contributed by atoms with Gasteiger partial charge in [0.15, 0.2) is 5.84 Å². The number of nitrogens with two attached hydrogens (primary N) is 1. The molecule has 0 bridgehead atoms. The van der Waals surface area contributed by atoms with Crippen LogP contribution in [0.1, 0.15) is 5.56 Å². The number of amides is 1. The van der Waals surface area contributed by atoms with Crippen molar-refractivity contribution >= 4 is 28.1 Å². The Kier molecular flexibility index (Phi) is 1.58. The summed E-state index contributed by atoms with van der Waals surface area (Å²) in [5.41, 5.74) is 6.18. The molecule has 12 heavy (non-hydrogen) atoms. The minimum absolute atomic E-state index is 0.255. The maximum Gasteiger partial charge on any atom is 0.284 e. The Balaban J connectivity index is 2.29. The molecule has 0 saturated heterocycles. The van der Waals surface area contributed by atoms with Crippen molar-refractivity contribution in [1.29, 1.82) is 0 Å². The quantitative estimate of drug-likeness (QED) is 0.664. The number of hydrogen-bond acceptors (Lipinski definition) is 4. The first kappa shape index (κ1) is 7.30. The van der Waals surface area contributed by atoms with Gasteiger partial charge in [-0.15, -0.1) is 11.3 Å². The predicted molar refractivity (Wildman–Crippen MR) is 48.3 cm³/mol. The van der Waals surface area contributed by atoms with Gasteiger partial charge in [0.1, 0.15) is 0 Å². The average Bonchev–Trinajstić information content (AvgIpc) is 2.49. The van der Waals surface area contributed by atoms with Crippen molar-refractivity contribution in [2.45, 2.75) is 6.54 Å². The zero-order valence-corrected chi connectivity index (χ0v) is 7.02. The molecule has 0 radical (unpaired) electrons. The smallest absolute Gasteiger partial charge is 0.284 e. The maximum atomic E-state index is 10.7. The molecule has 0 aliphatic carbocycles. The lowest BCUT2D eigenvalue weighted by Crippen LogP contribution is -2.31. The molecule has 5 heteroatoms. The highest BCUT2D eigenvalue weighted by molar-refractivity contribution is 7.14. The van der Waals surface area contributed by atoms with E-state index in [1.54, 1.807) is 11.3 Å². The van der Waals surface area contributed by atoms with Gasteiger partial charge in [0.25, 0.3) is 5.91 Å². The number of nitrogens with one attached hydrogen (secondary N) is 1. The molecule has 1 aromatic rings. The third-order valence-electron chi connectivity index (χ3n) is 1.62. The first-order valence-corrected chi connectivity index (χ1v) is 4.33. The molecule has 0 spiro atoms. The van der Waals surface area contributed by atoms with Crippen molar-refractivity contribution in [3.8, 4) is 0 Å². The molecule has 4 nitrogen and oxygen atoms in total. The fourth-order valence-corrected chi connectivity index (χ4v) is 1.83. The monoisotopic (exact) mass is 181 g/mol. The lowest BCUT2D eigenvalue weighted by molar-refractivity contribution is -0.112. The number of carbonyl (C=O) groups excluding carboxylic acids is 1. The van der Waals surface area contributed by atoms with Crippen LogP contribution in [0.15, 0.2) is 16.4 Å². The van der Waals surface area contributed by atoms with Gasteiger partial charge in [-0.05, 0) is 11.4 Å². The maximum absolute atomic E-state index is 10.7. The second-order valence-corrected chi connectivity index (χ2v) is 3.35. The molecule has 0 unspecified atom stereocenters. The van der Waals surface area contributed by atoms with Crippen LogP contribution in [0, 0.1) is 0 Å². The van der Waals surface area contributed by atoms with E-state index in [0.717, 1.165) is 10.6 Å². The van der Waals surface area contributed by atoms with Gasteiger partial charge in [-0.3, -0.25) is 9.79 Å². The van der Waals surface area contributed by atoms with Crippen molar-refractivity contribution in [2.24, 2.45) is 10.7 Å². The molecule has 1 aromatic heterocycles. The summed E-state index contributed by atoms with van der Waals surface area (Å²) in [7, 11) is 0. The standard InChI is InChI=1S/C7H7N3OS/c8-5(11)6-9-3-4-1-2-12-7(4)10-6/h1-2H,3H2,(H2,8,11)(H,9,10). The fourth-order valence-electron chi connectivity index (χ4n) is 1.02. The molecular weight excluding hydrogens is 174 g/mol. The number of amidine groups is 1. The first-order valence-electron chi connectivity index (χ1n) is 3.45. The van der Waals surface area contributed by atoms with E-state index in [-0.39, 0.29) is 5.84 Å². The van der Waals surface area contributed by atoms with E-state index in [2.05, 4.69) is 10.3 Å². The van der Waals surface area contributed by atoms with Gasteiger partial charge in [-0.2, -0.15) is 0 Å². The number of fused-ring (bicyclic) bond motifs is 1. The minimum Gasteiger partial charge on any atom is -0.363 e. The van der Waals surface area contributed by atoms with Gasteiger partial charge in [-0.1, -0.05) is 0 Å². The third kappa shape index (κ3) is 1.08. The van der Waals surface area contributed by atoms with E-state index < -0.39 is 5.91 Å². The number of aliphatic imine (C=N–C) groups is 1. The summed E-state index contributed by atoms with van der Waals surface area (Å²) < 4.78 is 0. The second kappa shape index (κ2) is 2.60. The third-order valence-corrected chi connectivity index (χ3v) is 2.49. The normalized spacial score (nSPS) is 14.5. The lowest BCUT2D eigenvalue weighted by Gasteiger charge is -2.11. The van der Waals surface area contributed by atoms with Crippen LogP contribution in [-0.2, 0) is 11.3 Å². The van der Waals surface area contributed by atoms with Crippen molar-refractivity contribution < 1.29 is 4.79 Å². The van der Waals surface area contributed by atoms with Crippen molar-refractivity contribution in [3.05, 3.63) is 17.0 Å². The Morgan fingerprint density at radius 1 is 1.75 bits per heavy atom. The molecule has 0 saturated carbocycles. The molecule has 0 fully saturated rings. The Morgan fingerprint density at radius 3 is 3.33 bits per heavy atom. The topological polar surface area (TPSA) is 67.5 Å². The average molecular weight is 181 g/mol. The molecule has 1 aliphatic heterocycles. The van der Waals surface area contributed by atoms with Crippen LogP contribution in [0.4, 0.5) is 5.00 Å². The summed E-state index contributed by atoms with van der Waals surface area (Å²) in [6.07, 6.45) is 0. The Bertz CT molecular complexity index is 355. The van der Waals surface area contributed by atoms with Crippen LogP contribution in [0.3, 0.4) is 0 Å². The number of primary amides is 1. The largest absolute Gasteiger partial charge is 0.363 e. The summed E-state index contributed by atoms with van der Waals surface area (Å²) in [5, 5.41) is 5.80. The molecule has 1 aliphatic rings. The van der Waals surface area contributed by atoms with E-state index in [1.807, 2.05) is 11.4 Å². The summed E-state index contributed by atoms with van der Waals surface area (Å²) in [4.78, 5) is 14.7. The number of anilines is 1. The molecule has 62 valence electrons. The Morgan fingerprint density at radius 2 is 2.58 bits per heavy atom. The van der Waals surface area contributed by atoms with Crippen molar-refractivity contribution in [1.82, 2.24) is 0 Å². The highest BCUT2D eigenvalue weighted by Crippen LogP contribution is 2.26. The van der Waals surface area contributed by atoms with Gasteiger partial charge in [0.05, 0.1) is 11.5 Å². The van der Waals surface area contributed by atoms with E-state index in [1.165, 1.54) is 0 Å². The number of thiophene rings is 1. The molecule has 0 atom stereocenters. The van der Waals surface area contributed by atoms with Gasteiger partial charge in [0, 0.05) is 5.56 Å². The highest BCUT2D eigenvalue weighted by atomic mass is 32.1. The van der Waals surface area contributed by atoms with E-state index >= 15 is 0 Å². The molecular formula is C7H7N3OS. The zero-order valence-electron chi connectivity index (χ0n) is 6.20. The number of carbonyl (C=O) groups is 1. The molecule has 0 aromatic carbocycles. The fraction of sp³-hybridized carbons (Fsp3) is 0.143. The van der Waals surface area contributed by atoms with Crippen LogP contribution < -0.4 is 11.1 Å². The summed E-state index contributed by atoms with van der Waals surface area (Å²) >= 11 is 1.55. The minimum atomic E-state index is -0.506. The highest BCUT2D eigenvalue weighted by Gasteiger charge is 2.15. The Labute approximate surface area is 73.1 Å². The molecule has 3 N–H and O–H groups in total. The van der Waals surface area contributed by atoms with Gasteiger partial charge in [-0.25, -0.2) is 0 Å². The molecule has 2 heterocycles. The van der Waals surface area contributed by atoms with E-state index in [9.17, 15) is 4.79 Å². The van der Waals surface area contributed by atoms with E-state index in [4.69, 9.17) is 5.73 Å². The summed E-state index contributed by atoms with van der Waals surface area (Å²) in [6, 6.07) is 1.98. The second-order valence-electron chi connectivity index (χ2n) is 2.43. The summed E-state index contributed by atoms with van der Waals surface area (Å²) in [6.45, 7) is 0.546. The van der Waals surface area contributed by atoms with Crippen LogP contribution >= 0.6 is 11.3 Å². The van der Waals surface area contributed by atoms with Crippen LogP contribution in [0.2, 0.25) is 0 Å². The van der Waals surface area contributed by atoms with Crippen LogP contribution in [-0.4, -0.2) is 11.7 Å². The van der Waals surface area contributed by atoms with Crippen LogP contribution in [0.5, 0.6) is 0 Å². The van der Waals surface area contributed by atoms with Crippen molar-refractivity contribution in [2.75, 3.05) is 5.32 Å². The van der Waals surface area contributed by atoms with Crippen molar-refractivity contribution in [3.63, 3.8) is 0 Å². The van der Waals surface area contributed by atoms with Gasteiger partial charge < -0.3 is 11.1 Å². The molecule has 1 amide bonds. The van der Waals surface area contributed by atoms with Gasteiger partial charge in [0.2, 0.25) is 0 Å². The first-order chi connectivity index (χ1) is 5.77. The lowest BCUT2D eigenvalue weighted by atomic mass is 10.3. The van der Waals surface area contributed by atoms with Crippen LogP contribution in [0.25, 0.3) is 0 Å². The van der Waals surface area contributed by atoms with Gasteiger partial charge >= 0.3 is 0 Å². The summed E-state index contributed by atoms with van der Waals surface area (Å²) in [5.74, 6) is -0.251. The molecule has 2 rings (SSSR count). The SMILES string of the molecule is NC(=O)C1=NCc2ccsc2N1. The zero-order chi connectivity index (χ0) is 8.55. The predicted octanol–water partition coefficient (Wildman–Crippen LogP) is 0.557. The van der Waals surface area contributed by atoms with E-state index in [0.29, 0.717) is 6.54 Å². The number of rotatable bonds is 1.